The molecule has 4 aliphatic carbocycles. The number of hydrogen-bond acceptors (Lipinski definition) is 8. The Morgan fingerprint density at radius 2 is 1.45 bits per heavy atom. The molecule has 0 saturated heterocycles. The van der Waals surface area contributed by atoms with Crippen LogP contribution in [0.3, 0.4) is 0 Å². The number of fused-ring (bicyclic) bond motifs is 5. The molecule has 9 heteroatoms. The van der Waals surface area contributed by atoms with Gasteiger partial charge in [-0.05, 0) is 69.9 Å². The number of rotatable bonds is 17. The Balaban J connectivity index is 1.79. The Bertz CT molecular complexity index is 1320. The molecule has 3 fully saturated rings. The third-order valence-corrected chi connectivity index (χ3v) is 12.4. The van der Waals surface area contributed by atoms with Crippen LogP contribution in [0.4, 0.5) is 4.39 Å². The number of ether oxygens (including phenoxy) is 3. The van der Waals surface area contributed by atoms with Crippen molar-refractivity contribution in [3.05, 3.63) is 23.8 Å². The quantitative estimate of drug-likeness (QED) is 0.0854. The predicted molar refractivity (Wildman–Crippen MR) is 184 cm³/mol. The Labute approximate surface area is 292 Å². The highest BCUT2D eigenvalue weighted by Crippen LogP contribution is 2.72. The summed E-state index contributed by atoms with van der Waals surface area (Å²) >= 11 is 0. The van der Waals surface area contributed by atoms with E-state index in [0.717, 1.165) is 38.5 Å². The number of carbonyl (C=O) groups excluding carboxylic acids is 5. The van der Waals surface area contributed by atoms with E-state index in [9.17, 15) is 24.0 Å². The molecule has 0 spiro atoms. The van der Waals surface area contributed by atoms with Gasteiger partial charge in [0.05, 0.1) is 0 Å². The molecule has 0 aromatic rings. The Hall–Kier alpha value is -2.84. The fourth-order valence-electron chi connectivity index (χ4n) is 9.82. The van der Waals surface area contributed by atoms with Gasteiger partial charge in [-0.2, -0.15) is 0 Å². The minimum atomic E-state index is -2.07. The van der Waals surface area contributed by atoms with Gasteiger partial charge in [-0.3, -0.25) is 24.0 Å². The lowest BCUT2D eigenvalue weighted by molar-refractivity contribution is -0.236. The number of alkyl halides is 1. The normalized spacial score (nSPS) is 34.7. The lowest BCUT2D eigenvalue weighted by Crippen LogP contribution is -2.70. The van der Waals surface area contributed by atoms with E-state index >= 15 is 4.39 Å². The van der Waals surface area contributed by atoms with E-state index in [1.54, 1.807) is 13.0 Å². The SMILES string of the molecule is CCCCCC(=O)OCC(=O)[C@@]1(OC(=O)CCCCC)[C@H](C)C[C@@H]2[C@H]3CCC4=CC(=O)C=C[C@]4(C)[C@@]3(F)[C@H](OC(=O)CCCCC)C[C@@]21C. The summed E-state index contributed by atoms with van der Waals surface area (Å²) in [7, 11) is 0. The molecule has 0 aromatic heterocycles. The number of ketones is 2. The van der Waals surface area contributed by atoms with Crippen molar-refractivity contribution in [1.82, 2.24) is 0 Å². The summed E-state index contributed by atoms with van der Waals surface area (Å²) < 4.78 is 36.7. The fourth-order valence-corrected chi connectivity index (χ4v) is 9.82. The summed E-state index contributed by atoms with van der Waals surface area (Å²) in [5.74, 6) is -3.80. The van der Waals surface area contributed by atoms with Crippen molar-refractivity contribution < 1.29 is 42.6 Å². The molecule has 8 atom stereocenters. The van der Waals surface area contributed by atoms with Crippen molar-refractivity contribution in [2.75, 3.05) is 6.61 Å². The van der Waals surface area contributed by atoms with Gasteiger partial charge in [0.15, 0.2) is 23.7 Å². The highest BCUT2D eigenvalue weighted by atomic mass is 19.1. The van der Waals surface area contributed by atoms with Crippen LogP contribution in [0.15, 0.2) is 23.8 Å². The Kier molecular flexibility index (Phi) is 12.7. The van der Waals surface area contributed by atoms with Crippen molar-refractivity contribution >= 4 is 29.5 Å². The summed E-state index contributed by atoms with van der Waals surface area (Å²) in [5.41, 5.74) is -5.44. The molecule has 274 valence electrons. The molecule has 4 rings (SSSR count). The van der Waals surface area contributed by atoms with Gasteiger partial charge in [-0.1, -0.05) is 84.8 Å². The van der Waals surface area contributed by atoms with E-state index in [4.69, 9.17) is 14.2 Å². The maximum Gasteiger partial charge on any atom is 0.306 e. The molecule has 0 aliphatic heterocycles. The van der Waals surface area contributed by atoms with Crippen LogP contribution in [-0.4, -0.2) is 53.5 Å². The average Bonchev–Trinajstić information content (AvgIpc) is 3.27. The predicted octanol–water partition coefficient (Wildman–Crippen LogP) is 8.29. The standard InChI is InChI=1S/C40H59FO8/c1-7-10-13-16-34(44)47-26-32(43)40(49-36(46)18-15-12-9-3)27(4)23-31-30-20-19-28-24-29(42)21-22-37(28,5)39(30,41)33(25-38(31,40)6)48-35(45)17-14-11-8-2/h21-22,24,27,30-31,33H,7-20,23,25-26H2,1-6H3/t27-,30-,31-,33-,37+,38+,39+,40+/m1/s1. The van der Waals surface area contributed by atoms with Gasteiger partial charge in [-0.15, -0.1) is 0 Å². The second-order valence-corrected chi connectivity index (χ2v) is 15.5. The third kappa shape index (κ3) is 7.19. The summed E-state index contributed by atoms with van der Waals surface area (Å²) in [6, 6.07) is 0. The zero-order valence-corrected chi connectivity index (χ0v) is 30.7. The van der Waals surface area contributed by atoms with Crippen LogP contribution in [0.1, 0.15) is 144 Å². The number of hydrogen-bond donors (Lipinski definition) is 0. The van der Waals surface area contributed by atoms with Gasteiger partial charge in [0.2, 0.25) is 5.78 Å². The van der Waals surface area contributed by atoms with Gasteiger partial charge in [0, 0.05) is 41.9 Å². The van der Waals surface area contributed by atoms with Crippen molar-refractivity contribution in [1.29, 1.82) is 0 Å². The number of allylic oxidation sites excluding steroid dienone is 4. The first-order chi connectivity index (χ1) is 23.2. The smallest absolute Gasteiger partial charge is 0.306 e. The number of esters is 3. The number of unbranched alkanes of at least 4 members (excludes halogenated alkanes) is 6. The zero-order chi connectivity index (χ0) is 36.0. The zero-order valence-electron chi connectivity index (χ0n) is 30.7. The number of halogens is 1. The van der Waals surface area contributed by atoms with Crippen LogP contribution in [0.2, 0.25) is 0 Å². The van der Waals surface area contributed by atoms with E-state index in [1.165, 1.54) is 12.2 Å². The van der Waals surface area contributed by atoms with Crippen LogP contribution in [-0.2, 0) is 38.2 Å². The lowest BCUT2D eigenvalue weighted by atomic mass is 9.44. The van der Waals surface area contributed by atoms with Crippen molar-refractivity contribution in [3.63, 3.8) is 0 Å². The van der Waals surface area contributed by atoms with Crippen molar-refractivity contribution in [3.8, 4) is 0 Å². The van der Waals surface area contributed by atoms with E-state index in [-0.39, 0.29) is 31.5 Å². The van der Waals surface area contributed by atoms with Gasteiger partial charge in [0.25, 0.3) is 0 Å². The number of carbonyl (C=O) groups is 5. The molecule has 0 unspecified atom stereocenters. The van der Waals surface area contributed by atoms with Crippen LogP contribution in [0.25, 0.3) is 0 Å². The van der Waals surface area contributed by atoms with Gasteiger partial charge in [0.1, 0.15) is 6.10 Å². The highest BCUT2D eigenvalue weighted by molar-refractivity contribution is 6.01. The fraction of sp³-hybridized carbons (Fsp3) is 0.775. The summed E-state index contributed by atoms with van der Waals surface area (Å²) in [6.07, 6.45) is 12.1. The summed E-state index contributed by atoms with van der Waals surface area (Å²) in [5, 5.41) is 0. The molecular formula is C40H59FO8. The van der Waals surface area contributed by atoms with Crippen molar-refractivity contribution in [2.45, 2.75) is 162 Å². The Morgan fingerprint density at radius 1 is 0.857 bits per heavy atom. The molecule has 0 radical (unpaired) electrons. The van der Waals surface area contributed by atoms with Crippen LogP contribution < -0.4 is 0 Å². The maximum absolute atomic E-state index is 18.6. The largest absolute Gasteiger partial charge is 0.459 e. The molecule has 0 aromatic carbocycles. The Morgan fingerprint density at radius 3 is 2.06 bits per heavy atom. The lowest BCUT2D eigenvalue weighted by Gasteiger charge is -2.63. The molecular weight excluding hydrogens is 627 g/mol. The van der Waals surface area contributed by atoms with Crippen LogP contribution >= 0.6 is 0 Å². The van der Waals surface area contributed by atoms with Gasteiger partial charge in [-0.25, -0.2) is 4.39 Å². The second-order valence-electron chi connectivity index (χ2n) is 15.5. The van der Waals surface area contributed by atoms with E-state index < -0.39 is 76.3 Å². The molecule has 0 heterocycles. The monoisotopic (exact) mass is 686 g/mol. The van der Waals surface area contributed by atoms with E-state index in [0.29, 0.717) is 44.1 Å². The minimum Gasteiger partial charge on any atom is -0.459 e. The topological polar surface area (TPSA) is 113 Å². The molecule has 49 heavy (non-hydrogen) atoms. The van der Waals surface area contributed by atoms with E-state index in [2.05, 4.69) is 0 Å². The molecule has 0 amide bonds. The molecule has 3 saturated carbocycles. The first-order valence-corrected chi connectivity index (χ1v) is 19.0. The highest BCUT2D eigenvalue weighted by Gasteiger charge is 2.78. The molecule has 8 nitrogen and oxygen atoms in total. The maximum atomic E-state index is 18.6. The van der Waals surface area contributed by atoms with Crippen LogP contribution in [0, 0.1) is 28.6 Å². The van der Waals surface area contributed by atoms with E-state index in [1.807, 2.05) is 34.6 Å². The summed E-state index contributed by atoms with van der Waals surface area (Å²) in [4.78, 5) is 66.7. The molecule has 0 bridgehead atoms. The number of Topliss-reactive ketones (excluding diaryl/α,β-unsaturated/α-hetero) is 1. The second kappa shape index (κ2) is 16.0. The molecule has 0 N–H and O–H groups in total. The summed E-state index contributed by atoms with van der Waals surface area (Å²) in [6.45, 7) is 11.1. The average molecular weight is 687 g/mol. The van der Waals surface area contributed by atoms with Crippen LogP contribution in [0.5, 0.6) is 0 Å². The first kappa shape index (κ1) is 39.0. The minimum absolute atomic E-state index is 0.0579. The van der Waals surface area contributed by atoms with Gasteiger partial charge < -0.3 is 14.2 Å². The van der Waals surface area contributed by atoms with Gasteiger partial charge >= 0.3 is 17.9 Å². The third-order valence-electron chi connectivity index (χ3n) is 12.4. The molecule has 4 aliphatic rings. The van der Waals surface area contributed by atoms with Crippen molar-refractivity contribution in [2.24, 2.45) is 28.6 Å². The first-order valence-electron chi connectivity index (χ1n) is 19.0.